The lowest BCUT2D eigenvalue weighted by molar-refractivity contribution is -0.128. The minimum Gasteiger partial charge on any atom is -0.369 e. The van der Waals surface area contributed by atoms with Gasteiger partial charge in [0.05, 0.1) is 17.6 Å². The van der Waals surface area contributed by atoms with Crippen LogP contribution in [0.25, 0.3) is 0 Å². The Balaban J connectivity index is 1.56. The molecule has 110 valence electrons. The van der Waals surface area contributed by atoms with E-state index in [-0.39, 0.29) is 11.8 Å². The van der Waals surface area contributed by atoms with Crippen molar-refractivity contribution in [1.82, 2.24) is 4.90 Å². The van der Waals surface area contributed by atoms with Crippen LogP contribution in [0.15, 0.2) is 24.3 Å². The van der Waals surface area contributed by atoms with Gasteiger partial charge in [-0.05, 0) is 43.2 Å². The zero-order chi connectivity index (χ0) is 14.8. The molecule has 0 spiro atoms. The molecule has 1 heterocycles. The number of nitrogens with two attached hydrogens (primary N) is 1. The summed E-state index contributed by atoms with van der Waals surface area (Å²) in [6, 6.07) is 10.9. The number of benzene rings is 1. The molecule has 2 aliphatic rings. The van der Waals surface area contributed by atoms with E-state index in [4.69, 9.17) is 5.73 Å². The van der Waals surface area contributed by atoms with E-state index in [9.17, 15) is 10.1 Å². The first-order valence-corrected chi connectivity index (χ1v) is 7.71. The van der Waals surface area contributed by atoms with Crippen LogP contribution in [0, 0.1) is 17.2 Å². The number of likely N-dealkylation sites (tertiary alicyclic amines) is 1. The fourth-order valence-electron chi connectivity index (χ4n) is 3.70. The highest BCUT2D eigenvalue weighted by molar-refractivity contribution is 5.78. The summed E-state index contributed by atoms with van der Waals surface area (Å²) in [4.78, 5) is 13.5. The van der Waals surface area contributed by atoms with Crippen molar-refractivity contribution >= 4 is 5.91 Å². The highest BCUT2D eigenvalue weighted by Gasteiger charge is 2.37. The maximum absolute atomic E-state index is 11.1. The summed E-state index contributed by atoms with van der Waals surface area (Å²) in [7, 11) is 0. The third-order valence-corrected chi connectivity index (χ3v) is 5.05. The van der Waals surface area contributed by atoms with Crippen molar-refractivity contribution in [1.29, 1.82) is 5.26 Å². The number of carbonyl (C=O) groups is 1. The molecular weight excluding hydrogens is 262 g/mol. The molecule has 21 heavy (non-hydrogen) atoms. The molecule has 1 saturated heterocycles. The quantitative estimate of drug-likeness (QED) is 0.922. The average Bonchev–Trinajstić information content (AvgIpc) is 2.46. The molecule has 1 saturated carbocycles. The Morgan fingerprint density at radius 1 is 1.19 bits per heavy atom. The molecule has 0 atom stereocenters. The monoisotopic (exact) mass is 283 g/mol. The predicted octanol–water partition coefficient (Wildman–Crippen LogP) is 2.00. The van der Waals surface area contributed by atoms with Crippen LogP contribution in [0.3, 0.4) is 0 Å². The summed E-state index contributed by atoms with van der Waals surface area (Å²) in [5.41, 5.74) is 7.35. The number of nitriles is 1. The van der Waals surface area contributed by atoms with Crippen molar-refractivity contribution in [3.63, 3.8) is 0 Å². The Labute approximate surface area is 125 Å². The van der Waals surface area contributed by atoms with Crippen molar-refractivity contribution in [2.24, 2.45) is 11.7 Å². The third kappa shape index (κ3) is 2.79. The van der Waals surface area contributed by atoms with Gasteiger partial charge in [0.2, 0.25) is 5.91 Å². The van der Waals surface area contributed by atoms with Crippen LogP contribution in [0.4, 0.5) is 0 Å². The highest BCUT2D eigenvalue weighted by atomic mass is 16.1. The van der Waals surface area contributed by atoms with Gasteiger partial charge in [0, 0.05) is 19.1 Å². The second-order valence-corrected chi connectivity index (χ2v) is 6.26. The second kappa shape index (κ2) is 5.87. The summed E-state index contributed by atoms with van der Waals surface area (Å²) in [6.07, 6.45) is 4.55. The van der Waals surface area contributed by atoms with E-state index >= 15 is 0 Å². The van der Waals surface area contributed by atoms with E-state index in [0.29, 0.717) is 12.0 Å². The first kappa shape index (κ1) is 14.1. The summed E-state index contributed by atoms with van der Waals surface area (Å²) in [6.45, 7) is 1.67. The zero-order valence-corrected chi connectivity index (χ0v) is 12.2. The van der Waals surface area contributed by atoms with Gasteiger partial charge in [-0.25, -0.2) is 0 Å². The smallest absolute Gasteiger partial charge is 0.223 e. The third-order valence-electron chi connectivity index (χ3n) is 5.05. The van der Waals surface area contributed by atoms with Gasteiger partial charge in [0.25, 0.3) is 0 Å². The predicted molar refractivity (Wildman–Crippen MR) is 80.4 cm³/mol. The van der Waals surface area contributed by atoms with Crippen LogP contribution in [-0.2, 0) is 4.79 Å². The molecule has 0 aromatic heterocycles. The molecule has 0 bridgehead atoms. The van der Waals surface area contributed by atoms with Crippen LogP contribution < -0.4 is 5.73 Å². The van der Waals surface area contributed by atoms with Crippen LogP contribution >= 0.6 is 0 Å². The van der Waals surface area contributed by atoms with Crippen molar-refractivity contribution in [2.45, 2.75) is 37.6 Å². The number of carbonyl (C=O) groups excluding carboxylic acids is 1. The lowest BCUT2D eigenvalue weighted by Crippen LogP contribution is -2.56. The SMILES string of the molecule is N#Cc1ccccc1C1CCC(N2CC(C(N)=O)C2)CC1. The Hall–Kier alpha value is -1.86. The van der Waals surface area contributed by atoms with E-state index in [0.717, 1.165) is 44.3 Å². The number of nitrogens with zero attached hydrogens (tertiary/aromatic N) is 2. The molecule has 1 aliphatic heterocycles. The standard InChI is InChI=1S/C17H21N3O/c18-9-13-3-1-2-4-16(13)12-5-7-15(8-6-12)20-10-14(11-20)17(19)21/h1-4,12,14-15H,5-8,10-11H2,(H2,19,21). The Kier molecular flexibility index (Phi) is 3.94. The Bertz CT molecular complexity index is 564. The van der Waals surface area contributed by atoms with Gasteiger partial charge in [0.15, 0.2) is 0 Å². The minimum atomic E-state index is -0.164. The van der Waals surface area contributed by atoms with E-state index in [1.165, 1.54) is 5.56 Å². The van der Waals surface area contributed by atoms with E-state index in [2.05, 4.69) is 17.0 Å². The molecule has 1 aliphatic carbocycles. The average molecular weight is 283 g/mol. The van der Waals surface area contributed by atoms with Crippen LogP contribution in [0.2, 0.25) is 0 Å². The highest BCUT2D eigenvalue weighted by Crippen LogP contribution is 2.37. The van der Waals surface area contributed by atoms with Crippen molar-refractivity contribution < 1.29 is 4.79 Å². The molecule has 4 nitrogen and oxygen atoms in total. The van der Waals surface area contributed by atoms with E-state index < -0.39 is 0 Å². The van der Waals surface area contributed by atoms with Gasteiger partial charge in [-0.15, -0.1) is 0 Å². The molecular formula is C17H21N3O. The zero-order valence-electron chi connectivity index (χ0n) is 12.2. The van der Waals surface area contributed by atoms with Crippen molar-refractivity contribution in [3.05, 3.63) is 35.4 Å². The van der Waals surface area contributed by atoms with Gasteiger partial charge in [-0.1, -0.05) is 18.2 Å². The maximum atomic E-state index is 11.1. The lowest BCUT2D eigenvalue weighted by Gasteiger charge is -2.45. The van der Waals surface area contributed by atoms with Gasteiger partial charge < -0.3 is 5.73 Å². The molecule has 0 radical (unpaired) electrons. The molecule has 0 unspecified atom stereocenters. The fourth-order valence-corrected chi connectivity index (χ4v) is 3.70. The van der Waals surface area contributed by atoms with Crippen LogP contribution in [0.5, 0.6) is 0 Å². The van der Waals surface area contributed by atoms with Crippen molar-refractivity contribution in [3.8, 4) is 6.07 Å². The fraction of sp³-hybridized carbons (Fsp3) is 0.529. The van der Waals surface area contributed by atoms with Gasteiger partial charge in [-0.2, -0.15) is 5.26 Å². The Morgan fingerprint density at radius 3 is 2.48 bits per heavy atom. The molecule has 1 aromatic rings. The molecule has 4 heteroatoms. The van der Waals surface area contributed by atoms with Crippen LogP contribution in [-0.4, -0.2) is 29.9 Å². The molecule has 2 N–H and O–H groups in total. The minimum absolute atomic E-state index is 0.0574. The number of rotatable bonds is 3. The molecule has 1 amide bonds. The molecule has 1 aromatic carbocycles. The summed E-state index contributed by atoms with van der Waals surface area (Å²) >= 11 is 0. The van der Waals surface area contributed by atoms with Crippen molar-refractivity contribution in [2.75, 3.05) is 13.1 Å². The summed E-state index contributed by atoms with van der Waals surface area (Å²) < 4.78 is 0. The van der Waals surface area contributed by atoms with E-state index in [1.807, 2.05) is 18.2 Å². The second-order valence-electron chi connectivity index (χ2n) is 6.26. The normalized spacial score (nSPS) is 26.8. The largest absolute Gasteiger partial charge is 0.369 e. The summed E-state index contributed by atoms with van der Waals surface area (Å²) in [5, 5.41) is 9.22. The first-order valence-electron chi connectivity index (χ1n) is 7.71. The van der Waals surface area contributed by atoms with Gasteiger partial charge >= 0.3 is 0 Å². The van der Waals surface area contributed by atoms with E-state index in [1.54, 1.807) is 0 Å². The number of hydrogen-bond donors (Lipinski definition) is 1. The molecule has 2 fully saturated rings. The Morgan fingerprint density at radius 2 is 1.86 bits per heavy atom. The maximum Gasteiger partial charge on any atom is 0.223 e. The topological polar surface area (TPSA) is 70.1 Å². The molecule has 3 rings (SSSR count). The van der Waals surface area contributed by atoms with Gasteiger partial charge in [0.1, 0.15) is 0 Å². The van der Waals surface area contributed by atoms with Crippen LogP contribution in [0.1, 0.15) is 42.7 Å². The number of amides is 1. The van der Waals surface area contributed by atoms with Gasteiger partial charge in [-0.3, -0.25) is 9.69 Å². The lowest BCUT2D eigenvalue weighted by atomic mass is 9.78. The number of primary amides is 1. The number of hydrogen-bond acceptors (Lipinski definition) is 3. The first-order chi connectivity index (χ1) is 10.2. The summed E-state index contributed by atoms with van der Waals surface area (Å²) in [5.74, 6) is 0.398.